The molecule has 0 aromatic heterocycles. The number of fused-ring (bicyclic) bond motifs is 2. The highest BCUT2D eigenvalue weighted by Gasteiger charge is 2.32. The second-order valence-electron chi connectivity index (χ2n) is 5.74. The Morgan fingerprint density at radius 1 is 1.14 bits per heavy atom. The highest BCUT2D eigenvalue weighted by molar-refractivity contribution is 5.50. The van der Waals surface area contributed by atoms with Crippen molar-refractivity contribution in [2.75, 3.05) is 0 Å². The molecule has 1 aromatic carbocycles. The standard InChI is InChI=1S/C19H16N2/c1-13-3-2-4-15(9-13)19-10-14-5-7-17(16(11-20)12-21)18(19)8-6-14/h2-9,14,18-19H,10H2,1H3. The smallest absolute Gasteiger partial charge is 0.133 e. The first-order chi connectivity index (χ1) is 10.2. The fourth-order valence-corrected chi connectivity index (χ4v) is 3.36. The number of benzene rings is 1. The Bertz CT molecular complexity index is 722. The predicted octanol–water partition coefficient (Wildman–Crippen LogP) is 4.18. The summed E-state index contributed by atoms with van der Waals surface area (Å²) < 4.78 is 0. The second-order valence-corrected chi connectivity index (χ2v) is 5.74. The molecular weight excluding hydrogens is 256 g/mol. The van der Waals surface area contributed by atoms with E-state index < -0.39 is 0 Å². The third-order valence-corrected chi connectivity index (χ3v) is 4.39. The van der Waals surface area contributed by atoms with E-state index in [1.165, 1.54) is 11.1 Å². The highest BCUT2D eigenvalue weighted by Crippen LogP contribution is 2.44. The minimum atomic E-state index is 0.121. The van der Waals surface area contributed by atoms with Crippen molar-refractivity contribution in [3.63, 3.8) is 0 Å². The lowest BCUT2D eigenvalue weighted by atomic mass is 9.74. The zero-order chi connectivity index (χ0) is 14.8. The number of hydrogen-bond donors (Lipinski definition) is 0. The molecule has 0 aliphatic heterocycles. The van der Waals surface area contributed by atoms with E-state index in [1.807, 2.05) is 18.2 Å². The lowest BCUT2D eigenvalue weighted by Gasteiger charge is -2.30. The Kier molecular flexibility index (Phi) is 3.46. The van der Waals surface area contributed by atoms with Gasteiger partial charge in [0.1, 0.15) is 17.7 Å². The molecule has 0 radical (unpaired) electrons. The molecule has 3 atom stereocenters. The summed E-state index contributed by atoms with van der Waals surface area (Å²) in [6, 6.07) is 12.6. The molecule has 0 fully saturated rings. The van der Waals surface area contributed by atoms with Crippen molar-refractivity contribution in [1.82, 2.24) is 0 Å². The Hall–Kier alpha value is -2.58. The Morgan fingerprint density at radius 2 is 1.95 bits per heavy atom. The van der Waals surface area contributed by atoms with Gasteiger partial charge in [0.15, 0.2) is 0 Å². The molecule has 21 heavy (non-hydrogen) atoms. The summed E-state index contributed by atoms with van der Waals surface area (Å²) >= 11 is 0. The van der Waals surface area contributed by atoms with E-state index in [1.54, 1.807) is 0 Å². The lowest BCUT2D eigenvalue weighted by Crippen LogP contribution is -2.18. The zero-order valence-corrected chi connectivity index (χ0v) is 12.0. The summed E-state index contributed by atoms with van der Waals surface area (Å²) in [4.78, 5) is 0. The monoisotopic (exact) mass is 272 g/mol. The SMILES string of the molecule is Cc1cccc(C2CC3C=CC(=C(C#N)C#N)C2C=C3)c1. The van der Waals surface area contributed by atoms with E-state index in [2.05, 4.69) is 49.4 Å². The number of rotatable bonds is 1. The quantitative estimate of drug-likeness (QED) is 0.568. The van der Waals surface area contributed by atoms with Gasteiger partial charge in [-0.2, -0.15) is 10.5 Å². The van der Waals surface area contributed by atoms with Crippen molar-refractivity contribution in [3.8, 4) is 12.1 Å². The Morgan fingerprint density at radius 3 is 2.67 bits per heavy atom. The third kappa shape index (κ3) is 2.41. The van der Waals surface area contributed by atoms with Crippen LogP contribution in [0, 0.1) is 41.4 Å². The van der Waals surface area contributed by atoms with Crippen LogP contribution in [0.3, 0.4) is 0 Å². The van der Waals surface area contributed by atoms with Crippen molar-refractivity contribution >= 4 is 0 Å². The van der Waals surface area contributed by atoms with Gasteiger partial charge in [-0.1, -0.05) is 54.1 Å². The van der Waals surface area contributed by atoms with Crippen LogP contribution in [0.2, 0.25) is 0 Å². The van der Waals surface area contributed by atoms with Gasteiger partial charge in [-0.15, -0.1) is 0 Å². The molecule has 3 aliphatic carbocycles. The van der Waals surface area contributed by atoms with Crippen LogP contribution in [0.4, 0.5) is 0 Å². The topological polar surface area (TPSA) is 47.6 Å². The maximum atomic E-state index is 9.21. The van der Waals surface area contributed by atoms with E-state index >= 15 is 0 Å². The fourth-order valence-electron chi connectivity index (χ4n) is 3.36. The van der Waals surface area contributed by atoms with Crippen LogP contribution in [-0.4, -0.2) is 0 Å². The second kappa shape index (κ2) is 5.43. The minimum Gasteiger partial charge on any atom is -0.192 e. The molecule has 0 spiro atoms. The zero-order valence-electron chi connectivity index (χ0n) is 12.0. The number of allylic oxidation sites excluding steroid dienone is 6. The summed E-state index contributed by atoms with van der Waals surface area (Å²) in [5, 5.41) is 18.4. The summed E-state index contributed by atoms with van der Waals surface area (Å²) in [6.45, 7) is 2.10. The number of hydrogen-bond acceptors (Lipinski definition) is 2. The van der Waals surface area contributed by atoms with Gasteiger partial charge in [0.2, 0.25) is 0 Å². The van der Waals surface area contributed by atoms with Gasteiger partial charge < -0.3 is 0 Å². The largest absolute Gasteiger partial charge is 0.192 e. The predicted molar refractivity (Wildman–Crippen MR) is 82.0 cm³/mol. The number of nitrogens with zero attached hydrogens (tertiary/aromatic N) is 2. The molecular formula is C19H16N2. The molecule has 0 saturated carbocycles. The van der Waals surface area contributed by atoms with Crippen LogP contribution >= 0.6 is 0 Å². The maximum Gasteiger partial charge on any atom is 0.133 e. The fraction of sp³-hybridized carbons (Fsp3) is 0.263. The van der Waals surface area contributed by atoms with Crippen molar-refractivity contribution < 1.29 is 0 Å². The van der Waals surface area contributed by atoms with Crippen molar-refractivity contribution in [2.24, 2.45) is 11.8 Å². The molecule has 0 saturated heterocycles. The van der Waals surface area contributed by atoms with E-state index in [0.29, 0.717) is 11.8 Å². The van der Waals surface area contributed by atoms with E-state index in [-0.39, 0.29) is 11.5 Å². The van der Waals surface area contributed by atoms with Crippen LogP contribution in [0.5, 0.6) is 0 Å². The summed E-state index contributed by atoms with van der Waals surface area (Å²) in [5.41, 5.74) is 3.64. The molecule has 0 heterocycles. The van der Waals surface area contributed by atoms with Gasteiger partial charge >= 0.3 is 0 Å². The average molecular weight is 272 g/mol. The minimum absolute atomic E-state index is 0.121. The molecule has 102 valence electrons. The molecule has 4 rings (SSSR count). The van der Waals surface area contributed by atoms with Crippen LogP contribution in [0.15, 0.2) is 59.7 Å². The molecule has 3 unspecified atom stereocenters. The third-order valence-electron chi connectivity index (χ3n) is 4.39. The molecule has 1 aromatic rings. The molecule has 2 bridgehead atoms. The molecule has 0 N–H and O–H groups in total. The summed E-state index contributed by atoms with van der Waals surface area (Å²) in [7, 11) is 0. The van der Waals surface area contributed by atoms with Gasteiger partial charge in [-0.3, -0.25) is 0 Å². The van der Waals surface area contributed by atoms with Gasteiger partial charge in [-0.05, 0) is 36.3 Å². The summed E-state index contributed by atoms with van der Waals surface area (Å²) in [6.07, 6.45) is 9.51. The van der Waals surface area contributed by atoms with Crippen LogP contribution in [0.25, 0.3) is 0 Å². The first-order valence-corrected chi connectivity index (χ1v) is 7.20. The van der Waals surface area contributed by atoms with Gasteiger partial charge in [0.05, 0.1) is 0 Å². The van der Waals surface area contributed by atoms with Gasteiger partial charge in [0.25, 0.3) is 0 Å². The Balaban J connectivity index is 2.11. The maximum absolute atomic E-state index is 9.21. The average Bonchev–Trinajstić information content (AvgIpc) is 2.81. The van der Waals surface area contributed by atoms with Crippen LogP contribution in [0.1, 0.15) is 23.5 Å². The molecule has 2 heteroatoms. The number of nitriles is 2. The van der Waals surface area contributed by atoms with Crippen LogP contribution < -0.4 is 0 Å². The van der Waals surface area contributed by atoms with E-state index in [9.17, 15) is 10.5 Å². The Labute approximate surface area is 125 Å². The van der Waals surface area contributed by atoms with Gasteiger partial charge in [0, 0.05) is 5.92 Å². The first-order valence-electron chi connectivity index (χ1n) is 7.20. The molecule has 3 aliphatic rings. The number of aryl methyl sites for hydroxylation is 1. The van der Waals surface area contributed by atoms with E-state index in [0.717, 1.165) is 12.0 Å². The normalized spacial score (nSPS) is 26.0. The highest BCUT2D eigenvalue weighted by atomic mass is 14.4. The summed E-state index contributed by atoms with van der Waals surface area (Å²) in [5.74, 6) is 0.848. The van der Waals surface area contributed by atoms with E-state index in [4.69, 9.17) is 0 Å². The molecule has 0 amide bonds. The van der Waals surface area contributed by atoms with Crippen molar-refractivity contribution in [3.05, 3.63) is 70.8 Å². The first kappa shape index (κ1) is 13.4. The van der Waals surface area contributed by atoms with Crippen LogP contribution in [-0.2, 0) is 0 Å². The van der Waals surface area contributed by atoms with Crippen molar-refractivity contribution in [1.29, 1.82) is 10.5 Å². The molecule has 2 nitrogen and oxygen atoms in total. The van der Waals surface area contributed by atoms with Gasteiger partial charge in [-0.25, -0.2) is 0 Å². The van der Waals surface area contributed by atoms with Crippen molar-refractivity contribution in [2.45, 2.75) is 19.3 Å². The lowest BCUT2D eigenvalue weighted by molar-refractivity contribution is 0.481.